The summed E-state index contributed by atoms with van der Waals surface area (Å²) in [5.41, 5.74) is 0.598. The summed E-state index contributed by atoms with van der Waals surface area (Å²) in [4.78, 5) is 18.2. The van der Waals surface area contributed by atoms with Gasteiger partial charge in [0, 0.05) is 32.6 Å². The van der Waals surface area contributed by atoms with Crippen LogP contribution in [0.25, 0.3) is 0 Å². The van der Waals surface area contributed by atoms with Crippen LogP contribution < -0.4 is 5.32 Å². The molecule has 6 heteroatoms. The Labute approximate surface area is 151 Å². The summed E-state index contributed by atoms with van der Waals surface area (Å²) < 4.78 is 4.64. The molecule has 0 aromatic heterocycles. The quantitative estimate of drug-likeness (QED) is 0.235. The fourth-order valence-corrected chi connectivity index (χ4v) is 3.29. The van der Waals surface area contributed by atoms with Gasteiger partial charge in [-0.3, -0.25) is 9.79 Å². The molecule has 0 bridgehead atoms. The number of aliphatic imine (C=N–C) groups is 1. The highest BCUT2D eigenvalue weighted by atomic mass is 127. The molecule has 5 nitrogen and oxygen atoms in total. The van der Waals surface area contributed by atoms with Crippen molar-refractivity contribution in [3.8, 4) is 0 Å². The second-order valence-electron chi connectivity index (χ2n) is 6.29. The highest BCUT2D eigenvalue weighted by Gasteiger charge is 2.43. The van der Waals surface area contributed by atoms with E-state index in [1.54, 1.807) is 0 Å². The van der Waals surface area contributed by atoms with Gasteiger partial charge < -0.3 is 15.0 Å². The molecule has 1 N–H and O–H groups in total. The van der Waals surface area contributed by atoms with Crippen molar-refractivity contribution in [2.24, 2.45) is 10.4 Å². The summed E-state index contributed by atoms with van der Waals surface area (Å²) in [6.07, 6.45) is 7.77. The lowest BCUT2D eigenvalue weighted by Gasteiger charge is -2.38. The Hall–Kier alpha value is -0.530. The van der Waals surface area contributed by atoms with Crippen molar-refractivity contribution >= 4 is 35.9 Å². The minimum absolute atomic E-state index is 0. The maximum Gasteiger partial charge on any atom is 0.305 e. The van der Waals surface area contributed by atoms with Gasteiger partial charge in [0.25, 0.3) is 0 Å². The van der Waals surface area contributed by atoms with Crippen LogP contribution in [0, 0.1) is 5.41 Å². The van der Waals surface area contributed by atoms with E-state index in [0.717, 1.165) is 38.4 Å². The lowest BCUT2D eigenvalue weighted by Crippen LogP contribution is -2.42. The number of nitrogens with one attached hydrogen (secondary N) is 1. The number of esters is 1. The molecule has 2 fully saturated rings. The zero-order valence-electron chi connectivity index (χ0n) is 13.9. The Bertz CT molecular complexity index is 384. The maximum atomic E-state index is 11.1. The minimum atomic E-state index is -0.127. The SMILES string of the molecule is CCNC(=NCCCCC(=O)OC)N1CCC2(CCC2)C1.I. The van der Waals surface area contributed by atoms with Crippen LogP contribution in [0.1, 0.15) is 51.9 Å². The molecule has 22 heavy (non-hydrogen) atoms. The van der Waals surface area contributed by atoms with E-state index in [1.807, 2.05) is 0 Å². The molecular formula is C16H30IN3O2. The number of likely N-dealkylation sites (tertiary alicyclic amines) is 1. The van der Waals surface area contributed by atoms with Gasteiger partial charge in [-0.05, 0) is 44.4 Å². The van der Waals surface area contributed by atoms with Crippen LogP contribution >= 0.6 is 24.0 Å². The normalized spacial score (nSPS) is 19.5. The third-order valence-corrected chi connectivity index (χ3v) is 4.77. The van der Waals surface area contributed by atoms with Crippen LogP contribution in [-0.2, 0) is 9.53 Å². The largest absolute Gasteiger partial charge is 0.469 e. The van der Waals surface area contributed by atoms with E-state index in [0.29, 0.717) is 11.8 Å². The molecule has 2 rings (SSSR count). The van der Waals surface area contributed by atoms with Crippen LogP contribution in [-0.4, -0.2) is 50.1 Å². The maximum absolute atomic E-state index is 11.1. The highest BCUT2D eigenvalue weighted by Crippen LogP contribution is 2.47. The van der Waals surface area contributed by atoms with Crippen molar-refractivity contribution in [1.29, 1.82) is 0 Å². The first-order valence-electron chi connectivity index (χ1n) is 8.29. The van der Waals surface area contributed by atoms with Crippen LogP contribution in [0.3, 0.4) is 0 Å². The van der Waals surface area contributed by atoms with Crippen molar-refractivity contribution in [3.63, 3.8) is 0 Å². The fourth-order valence-electron chi connectivity index (χ4n) is 3.29. The Balaban J connectivity index is 0.00000242. The minimum Gasteiger partial charge on any atom is -0.469 e. The summed E-state index contributed by atoms with van der Waals surface area (Å²) in [5, 5.41) is 3.41. The molecule has 0 unspecified atom stereocenters. The van der Waals surface area contributed by atoms with Gasteiger partial charge in [-0.25, -0.2) is 0 Å². The molecule has 0 aromatic carbocycles. The van der Waals surface area contributed by atoms with Gasteiger partial charge in [-0.2, -0.15) is 0 Å². The van der Waals surface area contributed by atoms with Crippen molar-refractivity contribution in [2.75, 3.05) is 33.3 Å². The Morgan fingerprint density at radius 1 is 1.32 bits per heavy atom. The second kappa shape index (κ2) is 9.57. The molecule has 128 valence electrons. The molecule has 1 saturated heterocycles. The van der Waals surface area contributed by atoms with E-state index < -0.39 is 0 Å². The summed E-state index contributed by atoms with van der Waals surface area (Å²) in [5.74, 6) is 0.927. The number of hydrogen-bond donors (Lipinski definition) is 1. The van der Waals surface area contributed by atoms with Crippen molar-refractivity contribution in [3.05, 3.63) is 0 Å². The average molecular weight is 423 g/mol. The number of rotatable bonds is 6. The first-order chi connectivity index (χ1) is 10.2. The zero-order chi connectivity index (χ0) is 15.1. The Morgan fingerprint density at radius 3 is 2.64 bits per heavy atom. The molecule has 1 heterocycles. The Morgan fingerprint density at radius 2 is 2.09 bits per heavy atom. The number of unbranched alkanes of at least 4 members (excludes halogenated alkanes) is 1. The second-order valence-corrected chi connectivity index (χ2v) is 6.29. The molecule has 1 saturated carbocycles. The first-order valence-corrected chi connectivity index (χ1v) is 8.29. The first kappa shape index (κ1) is 19.5. The number of hydrogen-bond acceptors (Lipinski definition) is 3. The van der Waals surface area contributed by atoms with Gasteiger partial charge in [-0.15, -0.1) is 24.0 Å². The third-order valence-electron chi connectivity index (χ3n) is 4.77. The molecule has 1 aliphatic heterocycles. The predicted molar refractivity (Wildman–Crippen MR) is 99.7 cm³/mol. The number of carbonyl (C=O) groups excluding carboxylic acids is 1. The molecule has 2 aliphatic rings. The predicted octanol–water partition coefficient (Wildman–Crippen LogP) is 2.79. The molecular weight excluding hydrogens is 393 g/mol. The van der Waals surface area contributed by atoms with Crippen molar-refractivity contribution in [1.82, 2.24) is 10.2 Å². The molecule has 1 spiro atoms. The van der Waals surface area contributed by atoms with Crippen LogP contribution in [0.4, 0.5) is 0 Å². The average Bonchev–Trinajstić information content (AvgIpc) is 2.91. The third kappa shape index (κ3) is 5.28. The van der Waals surface area contributed by atoms with Gasteiger partial charge in [0.15, 0.2) is 5.96 Å². The Kier molecular flexibility index (Phi) is 8.49. The number of methoxy groups -OCH3 is 1. The lowest BCUT2D eigenvalue weighted by molar-refractivity contribution is -0.140. The molecule has 0 atom stereocenters. The van der Waals surface area contributed by atoms with E-state index in [4.69, 9.17) is 4.99 Å². The fraction of sp³-hybridized carbons (Fsp3) is 0.875. The van der Waals surface area contributed by atoms with Crippen molar-refractivity contribution in [2.45, 2.75) is 51.9 Å². The van der Waals surface area contributed by atoms with Gasteiger partial charge in [0.1, 0.15) is 0 Å². The van der Waals surface area contributed by atoms with Gasteiger partial charge in [-0.1, -0.05) is 6.42 Å². The number of halogens is 1. The number of nitrogens with zero attached hydrogens (tertiary/aromatic N) is 2. The van der Waals surface area contributed by atoms with E-state index >= 15 is 0 Å². The van der Waals surface area contributed by atoms with E-state index in [9.17, 15) is 4.79 Å². The number of guanidine groups is 1. The van der Waals surface area contributed by atoms with Crippen molar-refractivity contribution < 1.29 is 9.53 Å². The van der Waals surface area contributed by atoms with Crippen LogP contribution in [0.5, 0.6) is 0 Å². The summed E-state index contributed by atoms with van der Waals surface area (Å²) in [6.45, 7) is 6.10. The summed E-state index contributed by atoms with van der Waals surface area (Å²) in [6, 6.07) is 0. The molecule has 0 amide bonds. The number of carbonyl (C=O) groups is 1. The zero-order valence-corrected chi connectivity index (χ0v) is 16.2. The van der Waals surface area contributed by atoms with Gasteiger partial charge in [0.2, 0.25) is 0 Å². The van der Waals surface area contributed by atoms with Gasteiger partial charge >= 0.3 is 5.97 Å². The lowest BCUT2D eigenvalue weighted by atomic mass is 9.68. The van der Waals surface area contributed by atoms with Crippen LogP contribution in [0.15, 0.2) is 4.99 Å². The van der Waals surface area contributed by atoms with E-state index in [-0.39, 0.29) is 29.9 Å². The topological polar surface area (TPSA) is 53.9 Å². The highest BCUT2D eigenvalue weighted by molar-refractivity contribution is 14.0. The molecule has 0 radical (unpaired) electrons. The number of ether oxygens (including phenoxy) is 1. The summed E-state index contributed by atoms with van der Waals surface area (Å²) in [7, 11) is 1.44. The van der Waals surface area contributed by atoms with E-state index in [1.165, 1.54) is 39.3 Å². The van der Waals surface area contributed by atoms with Gasteiger partial charge in [0.05, 0.1) is 7.11 Å². The summed E-state index contributed by atoms with van der Waals surface area (Å²) >= 11 is 0. The standard InChI is InChI=1S/C16H29N3O2.HI/c1-3-17-15(18-11-5-4-7-14(20)21-2)19-12-10-16(13-19)8-6-9-16;/h3-13H2,1-2H3,(H,17,18);1H. The van der Waals surface area contributed by atoms with E-state index in [2.05, 4.69) is 21.9 Å². The van der Waals surface area contributed by atoms with Crippen LogP contribution in [0.2, 0.25) is 0 Å². The molecule has 0 aromatic rings. The smallest absolute Gasteiger partial charge is 0.305 e. The molecule has 1 aliphatic carbocycles. The monoisotopic (exact) mass is 423 g/mol.